The van der Waals surface area contributed by atoms with Crippen molar-refractivity contribution in [3.63, 3.8) is 0 Å². The summed E-state index contributed by atoms with van der Waals surface area (Å²) in [5, 5.41) is 2.99. The van der Waals surface area contributed by atoms with E-state index < -0.39 is 0 Å². The lowest BCUT2D eigenvalue weighted by molar-refractivity contribution is 0.0399. The van der Waals surface area contributed by atoms with Crippen LogP contribution < -0.4 is 5.32 Å². The molecule has 2 aliphatic rings. The lowest BCUT2D eigenvalue weighted by atomic mass is 10.2. The molecule has 0 radical (unpaired) electrons. The van der Waals surface area contributed by atoms with E-state index in [0.717, 1.165) is 37.4 Å². The summed E-state index contributed by atoms with van der Waals surface area (Å²) in [6.07, 6.45) is 3.23. The van der Waals surface area contributed by atoms with E-state index in [2.05, 4.69) is 17.1 Å². The van der Waals surface area contributed by atoms with Gasteiger partial charge in [0.1, 0.15) is 11.9 Å². The van der Waals surface area contributed by atoms with Gasteiger partial charge in [-0.1, -0.05) is 6.92 Å². The zero-order chi connectivity index (χ0) is 16.9. The summed E-state index contributed by atoms with van der Waals surface area (Å²) in [4.78, 5) is 15.0. The molecule has 3 rings (SSSR count). The molecule has 2 atom stereocenters. The molecule has 3 heterocycles. The third-order valence-corrected chi connectivity index (χ3v) is 4.76. The quantitative estimate of drug-likeness (QED) is 0.825. The number of nitrogens with zero attached hydrogens (tertiary/aromatic N) is 1. The number of carbonyl (C=O) groups is 1. The molecule has 6 heteroatoms. The van der Waals surface area contributed by atoms with Gasteiger partial charge >= 0.3 is 0 Å². The molecule has 0 saturated carbocycles. The number of hydrogen-bond acceptors (Lipinski definition) is 5. The van der Waals surface area contributed by atoms with E-state index in [1.54, 1.807) is 0 Å². The van der Waals surface area contributed by atoms with Crippen LogP contribution in [0.25, 0.3) is 0 Å². The smallest absolute Gasteiger partial charge is 0.287 e. The number of nitrogens with one attached hydrogen (secondary N) is 1. The maximum atomic E-state index is 12.5. The van der Waals surface area contributed by atoms with Crippen LogP contribution in [-0.4, -0.2) is 55.9 Å². The molecule has 2 aliphatic heterocycles. The number of hydrogen-bond donors (Lipinski definition) is 1. The minimum Gasteiger partial charge on any atom is -0.456 e. The van der Waals surface area contributed by atoms with Crippen molar-refractivity contribution in [3.05, 3.63) is 23.2 Å². The van der Waals surface area contributed by atoms with Gasteiger partial charge in [-0.3, -0.25) is 9.69 Å². The Labute approximate surface area is 143 Å². The maximum Gasteiger partial charge on any atom is 0.287 e. The molecule has 0 aliphatic carbocycles. The Kier molecular flexibility index (Phi) is 5.92. The Hall–Kier alpha value is -1.37. The predicted molar refractivity (Wildman–Crippen MR) is 90.1 cm³/mol. The molecule has 1 amide bonds. The van der Waals surface area contributed by atoms with E-state index >= 15 is 0 Å². The van der Waals surface area contributed by atoms with E-state index in [1.807, 2.05) is 13.0 Å². The number of carbonyl (C=O) groups excluding carboxylic acids is 1. The number of aryl methyl sites for hydroxylation is 1. The average molecular weight is 336 g/mol. The zero-order valence-corrected chi connectivity index (χ0v) is 14.7. The highest BCUT2D eigenvalue weighted by Crippen LogP contribution is 2.21. The van der Waals surface area contributed by atoms with Crippen LogP contribution in [0, 0.1) is 0 Å². The summed E-state index contributed by atoms with van der Waals surface area (Å²) in [5.74, 6) is 1.12. The van der Waals surface area contributed by atoms with Gasteiger partial charge in [0, 0.05) is 25.1 Å². The highest BCUT2D eigenvalue weighted by Gasteiger charge is 2.31. The van der Waals surface area contributed by atoms with E-state index in [9.17, 15) is 4.79 Å². The zero-order valence-electron chi connectivity index (χ0n) is 14.7. The Bertz CT molecular complexity index is 551. The normalized spacial score (nSPS) is 24.6. The number of amides is 1. The topological polar surface area (TPSA) is 63.9 Å². The summed E-state index contributed by atoms with van der Waals surface area (Å²) in [6, 6.07) is 1.78. The fourth-order valence-electron chi connectivity index (χ4n) is 3.48. The highest BCUT2D eigenvalue weighted by molar-refractivity contribution is 5.92. The van der Waals surface area contributed by atoms with Crippen LogP contribution in [-0.2, 0) is 22.4 Å². The molecule has 0 spiro atoms. The Balaban J connectivity index is 1.64. The van der Waals surface area contributed by atoms with Gasteiger partial charge in [-0.15, -0.1) is 0 Å². The van der Waals surface area contributed by atoms with Crippen LogP contribution in [0.1, 0.15) is 48.6 Å². The van der Waals surface area contributed by atoms with Crippen LogP contribution in [0.3, 0.4) is 0 Å². The molecule has 24 heavy (non-hydrogen) atoms. The molecule has 6 nitrogen and oxygen atoms in total. The summed E-state index contributed by atoms with van der Waals surface area (Å²) in [5.41, 5.74) is 1.13. The van der Waals surface area contributed by atoms with Crippen LogP contribution in [0.2, 0.25) is 0 Å². The SMILES string of the molecule is CCO[C@@H]1COC[C@H]1NC(=O)c1cc(CN2CCCC2)c(CC)o1. The standard InChI is InChI=1S/C18H28N2O4/c1-3-15-13(10-20-7-5-6-8-20)9-16(24-15)18(21)19-14-11-22-12-17(14)23-4-2/h9,14,17H,3-8,10-12H2,1-2H3,(H,19,21)/t14-,17-/m1/s1. The van der Waals surface area contributed by atoms with Crippen molar-refractivity contribution in [2.24, 2.45) is 0 Å². The van der Waals surface area contributed by atoms with Gasteiger partial charge in [0.05, 0.1) is 19.3 Å². The summed E-state index contributed by atoms with van der Waals surface area (Å²) in [7, 11) is 0. The minimum absolute atomic E-state index is 0.0800. The second-order valence-electron chi connectivity index (χ2n) is 6.51. The first-order valence-corrected chi connectivity index (χ1v) is 9.05. The van der Waals surface area contributed by atoms with Crippen molar-refractivity contribution in [1.29, 1.82) is 0 Å². The molecule has 2 fully saturated rings. The van der Waals surface area contributed by atoms with Crippen molar-refractivity contribution in [3.8, 4) is 0 Å². The molecule has 0 bridgehead atoms. The monoisotopic (exact) mass is 336 g/mol. The second-order valence-corrected chi connectivity index (χ2v) is 6.51. The van der Waals surface area contributed by atoms with Crippen molar-refractivity contribution >= 4 is 5.91 Å². The molecule has 1 aromatic rings. The number of likely N-dealkylation sites (tertiary alicyclic amines) is 1. The molecule has 2 saturated heterocycles. The highest BCUT2D eigenvalue weighted by atomic mass is 16.5. The van der Waals surface area contributed by atoms with Gasteiger partial charge < -0.3 is 19.2 Å². The largest absolute Gasteiger partial charge is 0.456 e. The van der Waals surface area contributed by atoms with Gasteiger partial charge in [0.25, 0.3) is 5.91 Å². The first-order valence-electron chi connectivity index (χ1n) is 9.05. The van der Waals surface area contributed by atoms with Gasteiger partial charge in [-0.25, -0.2) is 0 Å². The molecule has 1 aromatic heterocycles. The second kappa shape index (κ2) is 8.14. The van der Waals surface area contributed by atoms with Crippen molar-refractivity contribution in [2.75, 3.05) is 32.9 Å². The molecule has 1 N–H and O–H groups in total. The third kappa shape index (κ3) is 3.99. The Morgan fingerprint density at radius 2 is 2.12 bits per heavy atom. The Morgan fingerprint density at radius 3 is 2.83 bits per heavy atom. The fourth-order valence-corrected chi connectivity index (χ4v) is 3.48. The van der Waals surface area contributed by atoms with Gasteiger partial charge in [0.2, 0.25) is 0 Å². The van der Waals surface area contributed by atoms with Crippen molar-refractivity contribution < 1.29 is 18.7 Å². The minimum atomic E-state index is -0.183. The lowest BCUT2D eigenvalue weighted by Crippen LogP contribution is -2.43. The van der Waals surface area contributed by atoms with Crippen LogP contribution >= 0.6 is 0 Å². The molecular formula is C18H28N2O4. The Morgan fingerprint density at radius 1 is 1.33 bits per heavy atom. The first kappa shape index (κ1) is 17.5. The van der Waals surface area contributed by atoms with Gasteiger partial charge in [0.15, 0.2) is 5.76 Å². The van der Waals surface area contributed by atoms with E-state index in [4.69, 9.17) is 13.9 Å². The lowest BCUT2D eigenvalue weighted by Gasteiger charge is -2.18. The summed E-state index contributed by atoms with van der Waals surface area (Å²) < 4.78 is 16.9. The fraction of sp³-hybridized carbons (Fsp3) is 0.722. The van der Waals surface area contributed by atoms with E-state index in [-0.39, 0.29) is 18.1 Å². The van der Waals surface area contributed by atoms with Gasteiger partial charge in [-0.2, -0.15) is 0 Å². The summed E-state index contributed by atoms with van der Waals surface area (Å²) in [6.45, 7) is 8.76. The van der Waals surface area contributed by atoms with Crippen LogP contribution in [0.5, 0.6) is 0 Å². The van der Waals surface area contributed by atoms with Crippen LogP contribution in [0.4, 0.5) is 0 Å². The molecule has 134 valence electrons. The third-order valence-electron chi connectivity index (χ3n) is 4.76. The van der Waals surface area contributed by atoms with Crippen molar-refractivity contribution in [2.45, 2.75) is 51.8 Å². The number of rotatable bonds is 7. The molecule has 0 aromatic carbocycles. The van der Waals surface area contributed by atoms with E-state index in [0.29, 0.717) is 25.6 Å². The van der Waals surface area contributed by atoms with Crippen molar-refractivity contribution in [1.82, 2.24) is 10.2 Å². The maximum absolute atomic E-state index is 12.5. The average Bonchev–Trinajstić information content (AvgIpc) is 3.30. The molecule has 0 unspecified atom stereocenters. The van der Waals surface area contributed by atoms with Crippen LogP contribution in [0.15, 0.2) is 10.5 Å². The van der Waals surface area contributed by atoms with E-state index in [1.165, 1.54) is 12.8 Å². The number of ether oxygens (including phenoxy) is 2. The number of furan rings is 1. The molecular weight excluding hydrogens is 308 g/mol. The first-order chi connectivity index (χ1) is 11.7. The predicted octanol–water partition coefficient (Wildman–Crippen LogP) is 1.97. The van der Waals surface area contributed by atoms with Gasteiger partial charge in [-0.05, 0) is 38.9 Å². The summed E-state index contributed by atoms with van der Waals surface area (Å²) >= 11 is 0.